The number of nitrogens with zero attached hydrogens (tertiary/aromatic N) is 2. The Bertz CT molecular complexity index is 2840. The number of anilines is 3. The van der Waals surface area contributed by atoms with E-state index in [9.17, 15) is 0 Å². The van der Waals surface area contributed by atoms with Gasteiger partial charge in [0.1, 0.15) is 0 Å². The van der Waals surface area contributed by atoms with Crippen molar-refractivity contribution in [2.75, 3.05) is 4.90 Å². The minimum absolute atomic E-state index is 0.162. The molecule has 0 aliphatic heterocycles. The molecule has 0 atom stereocenters. The minimum atomic E-state index is 0.162. The molecule has 1 spiro atoms. The average Bonchev–Trinajstić information content (AvgIpc) is 3.92. The zero-order valence-corrected chi connectivity index (χ0v) is 29.5. The lowest BCUT2D eigenvalue weighted by Gasteiger charge is -2.27. The van der Waals surface area contributed by atoms with Crippen molar-refractivity contribution >= 4 is 49.6 Å². The quantitative estimate of drug-likeness (QED) is 0.176. The molecular formula is C51H38N2. The molecule has 9 aromatic rings. The van der Waals surface area contributed by atoms with E-state index in [1.54, 1.807) is 0 Å². The van der Waals surface area contributed by atoms with E-state index in [1.807, 2.05) is 0 Å². The van der Waals surface area contributed by atoms with E-state index in [1.165, 1.54) is 91.6 Å². The van der Waals surface area contributed by atoms with Crippen molar-refractivity contribution in [2.24, 2.45) is 0 Å². The molecule has 0 radical (unpaired) electrons. The van der Waals surface area contributed by atoms with Gasteiger partial charge < -0.3 is 9.47 Å². The van der Waals surface area contributed by atoms with E-state index in [2.05, 4.69) is 191 Å². The number of hydrogen-bond acceptors (Lipinski definition) is 1. The molecule has 0 amide bonds. The van der Waals surface area contributed by atoms with Crippen molar-refractivity contribution in [3.63, 3.8) is 0 Å². The molecule has 0 saturated heterocycles. The standard InChI is InChI=1S/C51H38N2/c1-2-14-39(15-3-1)53-49-19-9-7-17-45(49)46-29-27-42(34-50(46)53)52(41-26-22-35-12-4-5-13-37(35)32-41)40-24-20-36(21-25-40)38-23-28-44-43-16-6-8-18-47(43)51(48(44)33-38)30-10-11-31-51/h1-9,12-29,32-34H,10-11,30-31H2. The summed E-state index contributed by atoms with van der Waals surface area (Å²) in [6.45, 7) is 0. The van der Waals surface area contributed by atoms with Crippen LogP contribution in [0, 0.1) is 0 Å². The van der Waals surface area contributed by atoms with E-state index < -0.39 is 0 Å². The predicted octanol–water partition coefficient (Wildman–Crippen LogP) is 13.9. The molecule has 2 nitrogen and oxygen atoms in total. The summed E-state index contributed by atoms with van der Waals surface area (Å²) >= 11 is 0. The Morgan fingerprint density at radius 2 is 1.06 bits per heavy atom. The van der Waals surface area contributed by atoms with Crippen LogP contribution in [0.15, 0.2) is 182 Å². The van der Waals surface area contributed by atoms with Gasteiger partial charge in [0.2, 0.25) is 0 Å². The van der Waals surface area contributed by atoms with Gasteiger partial charge in [-0.15, -0.1) is 0 Å². The number of para-hydroxylation sites is 2. The maximum atomic E-state index is 2.51. The third kappa shape index (κ3) is 4.65. The molecule has 53 heavy (non-hydrogen) atoms. The van der Waals surface area contributed by atoms with Crippen LogP contribution in [0.5, 0.6) is 0 Å². The molecule has 2 aliphatic rings. The third-order valence-corrected chi connectivity index (χ3v) is 12.1. The number of hydrogen-bond donors (Lipinski definition) is 0. The van der Waals surface area contributed by atoms with Crippen LogP contribution in [-0.2, 0) is 5.41 Å². The lowest BCUT2D eigenvalue weighted by molar-refractivity contribution is 0.550. The van der Waals surface area contributed by atoms with Crippen molar-refractivity contribution in [2.45, 2.75) is 31.1 Å². The Labute approximate surface area is 310 Å². The molecule has 0 bridgehead atoms. The molecule has 11 rings (SSSR count). The summed E-state index contributed by atoms with van der Waals surface area (Å²) in [5, 5.41) is 4.98. The summed E-state index contributed by atoms with van der Waals surface area (Å²) in [5.41, 5.74) is 15.6. The molecule has 1 saturated carbocycles. The predicted molar refractivity (Wildman–Crippen MR) is 223 cm³/mol. The smallest absolute Gasteiger partial charge is 0.0561 e. The van der Waals surface area contributed by atoms with Gasteiger partial charge in [0.05, 0.1) is 11.0 Å². The van der Waals surface area contributed by atoms with Crippen molar-refractivity contribution in [1.82, 2.24) is 4.57 Å². The van der Waals surface area contributed by atoms with Gasteiger partial charge in [0, 0.05) is 38.9 Å². The highest BCUT2D eigenvalue weighted by molar-refractivity contribution is 6.10. The summed E-state index contributed by atoms with van der Waals surface area (Å²) in [5.74, 6) is 0. The molecule has 2 aliphatic carbocycles. The van der Waals surface area contributed by atoms with Gasteiger partial charge in [-0.1, -0.05) is 134 Å². The monoisotopic (exact) mass is 678 g/mol. The van der Waals surface area contributed by atoms with Crippen LogP contribution >= 0.6 is 0 Å². The van der Waals surface area contributed by atoms with Gasteiger partial charge in [-0.2, -0.15) is 0 Å². The lowest BCUT2D eigenvalue weighted by Crippen LogP contribution is -2.20. The first-order chi connectivity index (χ1) is 26.2. The first-order valence-corrected chi connectivity index (χ1v) is 19.0. The lowest BCUT2D eigenvalue weighted by atomic mass is 9.76. The zero-order chi connectivity index (χ0) is 34.9. The molecule has 0 unspecified atom stereocenters. The maximum absolute atomic E-state index is 2.51. The SMILES string of the molecule is c1ccc(-n2c3ccccc3c3ccc(N(c4ccc(-c5ccc6c(c5)C5(CCCC5)c5ccccc5-6)cc4)c4ccc5ccccc5c4)cc32)cc1. The molecule has 252 valence electrons. The number of aromatic nitrogens is 1. The molecule has 2 heteroatoms. The van der Waals surface area contributed by atoms with Crippen LogP contribution in [0.2, 0.25) is 0 Å². The second kappa shape index (κ2) is 11.8. The fourth-order valence-corrected chi connectivity index (χ4v) is 9.67. The van der Waals surface area contributed by atoms with E-state index >= 15 is 0 Å². The average molecular weight is 679 g/mol. The third-order valence-electron chi connectivity index (χ3n) is 12.1. The fourth-order valence-electron chi connectivity index (χ4n) is 9.67. The Balaban J connectivity index is 1.05. The van der Waals surface area contributed by atoms with E-state index in [0.29, 0.717) is 0 Å². The van der Waals surface area contributed by atoms with Crippen molar-refractivity contribution in [1.29, 1.82) is 0 Å². The van der Waals surface area contributed by atoms with E-state index in [0.717, 1.165) is 22.7 Å². The van der Waals surface area contributed by atoms with Crippen molar-refractivity contribution in [3.05, 3.63) is 193 Å². The largest absolute Gasteiger partial charge is 0.310 e. The van der Waals surface area contributed by atoms with Crippen molar-refractivity contribution < 1.29 is 0 Å². The molecule has 1 fully saturated rings. The minimum Gasteiger partial charge on any atom is -0.310 e. The Hall–Kier alpha value is -6.38. The molecule has 0 N–H and O–H groups in total. The van der Waals surface area contributed by atoms with Gasteiger partial charge in [-0.25, -0.2) is 0 Å². The van der Waals surface area contributed by atoms with E-state index in [4.69, 9.17) is 0 Å². The van der Waals surface area contributed by atoms with Crippen LogP contribution in [0.25, 0.3) is 60.5 Å². The number of benzene rings is 8. The van der Waals surface area contributed by atoms with Crippen LogP contribution in [0.3, 0.4) is 0 Å². The molecule has 8 aromatic carbocycles. The van der Waals surface area contributed by atoms with Gasteiger partial charge in [0.15, 0.2) is 0 Å². The second-order valence-corrected chi connectivity index (χ2v) is 14.9. The van der Waals surface area contributed by atoms with Crippen LogP contribution in [0.1, 0.15) is 36.8 Å². The summed E-state index contributed by atoms with van der Waals surface area (Å²) in [4.78, 5) is 2.41. The van der Waals surface area contributed by atoms with Gasteiger partial charge in [-0.05, 0) is 118 Å². The Kier molecular flexibility index (Phi) is 6.76. The Morgan fingerprint density at radius 3 is 1.92 bits per heavy atom. The first kappa shape index (κ1) is 30.3. The van der Waals surface area contributed by atoms with Crippen LogP contribution in [-0.4, -0.2) is 4.57 Å². The van der Waals surface area contributed by atoms with Crippen molar-refractivity contribution in [3.8, 4) is 27.9 Å². The second-order valence-electron chi connectivity index (χ2n) is 14.9. The van der Waals surface area contributed by atoms with E-state index in [-0.39, 0.29) is 5.41 Å². The summed E-state index contributed by atoms with van der Waals surface area (Å²) < 4.78 is 2.40. The summed E-state index contributed by atoms with van der Waals surface area (Å²) in [6, 6.07) is 67.5. The molecule has 1 heterocycles. The summed E-state index contributed by atoms with van der Waals surface area (Å²) in [7, 11) is 0. The van der Waals surface area contributed by atoms with Crippen LogP contribution < -0.4 is 4.90 Å². The fraction of sp³-hybridized carbons (Fsp3) is 0.0980. The highest BCUT2D eigenvalue weighted by atomic mass is 15.1. The Morgan fingerprint density at radius 1 is 0.415 bits per heavy atom. The van der Waals surface area contributed by atoms with Gasteiger partial charge in [-0.3, -0.25) is 0 Å². The highest BCUT2D eigenvalue weighted by Gasteiger charge is 2.44. The first-order valence-electron chi connectivity index (χ1n) is 19.0. The topological polar surface area (TPSA) is 8.17 Å². The zero-order valence-electron chi connectivity index (χ0n) is 29.5. The number of rotatable bonds is 5. The molecular weight excluding hydrogens is 641 g/mol. The molecule has 1 aromatic heterocycles. The van der Waals surface area contributed by atoms with Gasteiger partial charge >= 0.3 is 0 Å². The normalized spacial score (nSPS) is 14.3. The van der Waals surface area contributed by atoms with Crippen LogP contribution in [0.4, 0.5) is 17.1 Å². The maximum Gasteiger partial charge on any atom is 0.0561 e. The summed E-state index contributed by atoms with van der Waals surface area (Å²) in [6.07, 6.45) is 5.09. The number of fused-ring (bicyclic) bond motifs is 9. The van der Waals surface area contributed by atoms with Gasteiger partial charge in [0.25, 0.3) is 0 Å². The highest BCUT2D eigenvalue weighted by Crippen LogP contribution is 2.57.